The molecule has 0 bridgehead atoms. The van der Waals surface area contributed by atoms with Crippen LogP contribution >= 0.6 is 11.3 Å². The molecule has 4 aromatic rings. The van der Waals surface area contributed by atoms with Crippen molar-refractivity contribution in [1.82, 2.24) is 4.57 Å². The van der Waals surface area contributed by atoms with E-state index in [1.54, 1.807) is 48.8 Å². The summed E-state index contributed by atoms with van der Waals surface area (Å²) in [4.78, 5) is 42.4. The number of thiazole rings is 1. The maximum Gasteiger partial charge on any atom is 0.338 e. The molecule has 41 heavy (non-hydrogen) atoms. The van der Waals surface area contributed by atoms with Crippen molar-refractivity contribution in [3.8, 4) is 5.75 Å². The molecular formula is C31H27N3O6S. The molecule has 0 amide bonds. The first kappa shape index (κ1) is 27.7. The van der Waals surface area contributed by atoms with Gasteiger partial charge >= 0.3 is 5.97 Å². The summed E-state index contributed by atoms with van der Waals surface area (Å²) < 4.78 is 13.2. The van der Waals surface area contributed by atoms with E-state index in [0.717, 1.165) is 16.7 Å². The van der Waals surface area contributed by atoms with Gasteiger partial charge in [0.15, 0.2) is 4.80 Å². The van der Waals surface area contributed by atoms with Gasteiger partial charge < -0.3 is 9.47 Å². The molecule has 0 spiro atoms. The second-order valence-electron chi connectivity index (χ2n) is 9.50. The fraction of sp³-hybridized carbons (Fsp3) is 0.194. The summed E-state index contributed by atoms with van der Waals surface area (Å²) in [7, 11) is 0. The quantitative estimate of drug-likeness (QED) is 0.174. The van der Waals surface area contributed by atoms with Gasteiger partial charge in [0.25, 0.3) is 11.2 Å². The number of rotatable bonds is 8. The molecule has 208 valence electrons. The van der Waals surface area contributed by atoms with Gasteiger partial charge in [0.05, 0.1) is 33.4 Å². The first-order valence-electron chi connectivity index (χ1n) is 13.0. The lowest BCUT2D eigenvalue weighted by atomic mass is 9.95. The van der Waals surface area contributed by atoms with E-state index in [9.17, 15) is 19.7 Å². The number of ether oxygens (including phenoxy) is 2. The lowest BCUT2D eigenvalue weighted by molar-refractivity contribution is -0.384. The van der Waals surface area contributed by atoms with Crippen LogP contribution in [0.3, 0.4) is 0 Å². The SMILES string of the molecule is CCOC(=O)C1=C(C)N=c2s/c(=C/c3ccc(OCc4cccc([N+](=O)[O-])c4)cc3)c(=O)n2[C@@H]1c1ccc(C)cc1. The number of allylic oxidation sites excluding steroid dienone is 1. The molecule has 0 unspecified atom stereocenters. The van der Waals surface area contributed by atoms with Crippen molar-refractivity contribution >= 4 is 29.1 Å². The Morgan fingerprint density at radius 2 is 1.83 bits per heavy atom. The molecule has 0 N–H and O–H groups in total. The molecule has 3 aromatic carbocycles. The molecule has 5 rings (SSSR count). The lowest BCUT2D eigenvalue weighted by Gasteiger charge is -2.24. The fourth-order valence-corrected chi connectivity index (χ4v) is 5.64. The number of nitro groups is 1. The zero-order valence-corrected chi connectivity index (χ0v) is 23.5. The molecular weight excluding hydrogens is 542 g/mol. The second-order valence-corrected chi connectivity index (χ2v) is 10.5. The Morgan fingerprint density at radius 3 is 2.51 bits per heavy atom. The number of hydrogen-bond donors (Lipinski definition) is 0. The van der Waals surface area contributed by atoms with E-state index in [2.05, 4.69) is 4.99 Å². The summed E-state index contributed by atoms with van der Waals surface area (Å²) in [6.45, 7) is 5.88. The summed E-state index contributed by atoms with van der Waals surface area (Å²) in [5.41, 5.74) is 3.96. The topological polar surface area (TPSA) is 113 Å². The summed E-state index contributed by atoms with van der Waals surface area (Å²) in [5.74, 6) is 0.0958. The van der Waals surface area contributed by atoms with Crippen LogP contribution in [0.1, 0.15) is 42.1 Å². The highest BCUT2D eigenvalue weighted by atomic mass is 32.1. The number of hydrogen-bond acceptors (Lipinski definition) is 8. The molecule has 1 atom stereocenters. The average molecular weight is 570 g/mol. The molecule has 2 heterocycles. The Balaban J connectivity index is 1.46. The summed E-state index contributed by atoms with van der Waals surface area (Å²) in [6, 6.07) is 20.6. The van der Waals surface area contributed by atoms with Gasteiger partial charge in [-0.15, -0.1) is 0 Å². The number of fused-ring (bicyclic) bond motifs is 1. The number of non-ortho nitro benzene ring substituents is 1. The van der Waals surface area contributed by atoms with Crippen molar-refractivity contribution in [2.75, 3.05) is 6.61 Å². The molecule has 9 nitrogen and oxygen atoms in total. The first-order chi connectivity index (χ1) is 19.7. The van der Waals surface area contributed by atoms with Crippen LogP contribution < -0.4 is 19.6 Å². The zero-order chi connectivity index (χ0) is 29.1. The molecule has 10 heteroatoms. The molecule has 1 aromatic heterocycles. The van der Waals surface area contributed by atoms with Crippen molar-refractivity contribution in [3.63, 3.8) is 0 Å². The predicted octanol–water partition coefficient (Wildman–Crippen LogP) is 4.59. The van der Waals surface area contributed by atoms with Crippen molar-refractivity contribution < 1.29 is 19.2 Å². The van der Waals surface area contributed by atoms with Gasteiger partial charge in [-0.25, -0.2) is 9.79 Å². The maximum absolute atomic E-state index is 13.7. The van der Waals surface area contributed by atoms with E-state index < -0.39 is 16.9 Å². The Hall–Kier alpha value is -4.83. The van der Waals surface area contributed by atoms with Crippen LogP contribution in [0.25, 0.3) is 6.08 Å². The van der Waals surface area contributed by atoms with Gasteiger partial charge in [-0.1, -0.05) is 65.4 Å². The first-order valence-corrected chi connectivity index (χ1v) is 13.8. The highest BCUT2D eigenvalue weighted by Crippen LogP contribution is 2.30. The second kappa shape index (κ2) is 11.7. The minimum atomic E-state index is -0.655. The Kier molecular flexibility index (Phi) is 7.93. The van der Waals surface area contributed by atoms with Gasteiger partial charge in [-0.05, 0) is 55.7 Å². The maximum atomic E-state index is 13.7. The van der Waals surface area contributed by atoms with Gasteiger partial charge in [-0.3, -0.25) is 19.5 Å². The minimum absolute atomic E-state index is 0.0112. The summed E-state index contributed by atoms with van der Waals surface area (Å²) in [5, 5.41) is 11.0. The number of aromatic nitrogens is 1. The van der Waals surface area contributed by atoms with Crippen LogP contribution in [-0.4, -0.2) is 22.1 Å². The molecule has 0 radical (unpaired) electrons. The van der Waals surface area contributed by atoms with E-state index in [0.29, 0.717) is 31.9 Å². The number of carbonyl (C=O) groups is 1. The lowest BCUT2D eigenvalue weighted by Crippen LogP contribution is -2.39. The monoisotopic (exact) mass is 569 g/mol. The molecule has 1 aliphatic rings. The number of benzene rings is 3. The molecule has 1 aliphatic heterocycles. The van der Waals surface area contributed by atoms with Crippen LogP contribution in [0.5, 0.6) is 5.75 Å². The van der Waals surface area contributed by atoms with E-state index >= 15 is 0 Å². The Labute approximate surface area is 239 Å². The van der Waals surface area contributed by atoms with E-state index in [4.69, 9.17) is 9.47 Å². The summed E-state index contributed by atoms with van der Waals surface area (Å²) in [6.07, 6.45) is 1.78. The zero-order valence-electron chi connectivity index (χ0n) is 22.7. The number of carbonyl (C=O) groups excluding carboxylic acids is 1. The van der Waals surface area contributed by atoms with Crippen LogP contribution in [0.15, 0.2) is 93.9 Å². The standard InChI is InChI=1S/C31H27N3O6S/c1-4-39-30(36)27-20(3)32-31-33(28(27)23-12-8-19(2)9-13-23)29(35)26(41-31)17-21-10-14-25(15-11-21)40-18-22-6-5-7-24(16-22)34(37)38/h5-17,28H,4,18H2,1-3H3/b26-17+/t28-/m1/s1. The summed E-state index contributed by atoms with van der Waals surface area (Å²) >= 11 is 1.26. The van der Waals surface area contributed by atoms with Crippen LogP contribution in [0, 0.1) is 17.0 Å². The third-order valence-corrected chi connectivity index (χ3v) is 7.60. The van der Waals surface area contributed by atoms with Crippen molar-refractivity contribution in [2.24, 2.45) is 4.99 Å². The van der Waals surface area contributed by atoms with Gasteiger partial charge in [0, 0.05) is 12.1 Å². The smallest absolute Gasteiger partial charge is 0.338 e. The van der Waals surface area contributed by atoms with E-state index in [-0.39, 0.29) is 24.5 Å². The van der Waals surface area contributed by atoms with Crippen LogP contribution in [0.4, 0.5) is 5.69 Å². The minimum Gasteiger partial charge on any atom is -0.489 e. The van der Waals surface area contributed by atoms with Gasteiger partial charge in [0.2, 0.25) is 0 Å². The number of nitrogens with zero attached hydrogens (tertiary/aromatic N) is 3. The molecule has 0 saturated carbocycles. The van der Waals surface area contributed by atoms with E-state index in [1.807, 2.05) is 43.3 Å². The highest BCUT2D eigenvalue weighted by Gasteiger charge is 2.33. The van der Waals surface area contributed by atoms with Gasteiger partial charge in [-0.2, -0.15) is 0 Å². The van der Waals surface area contributed by atoms with Crippen LogP contribution in [0.2, 0.25) is 0 Å². The average Bonchev–Trinajstić information content (AvgIpc) is 3.26. The van der Waals surface area contributed by atoms with Crippen molar-refractivity contribution in [2.45, 2.75) is 33.4 Å². The third kappa shape index (κ3) is 5.87. The third-order valence-electron chi connectivity index (χ3n) is 6.61. The number of aryl methyl sites for hydroxylation is 1. The molecule has 0 saturated heterocycles. The number of nitro benzene ring substituents is 1. The van der Waals surface area contributed by atoms with Crippen molar-refractivity contribution in [3.05, 3.63) is 136 Å². The van der Waals surface area contributed by atoms with Crippen molar-refractivity contribution in [1.29, 1.82) is 0 Å². The Bertz CT molecular complexity index is 1840. The number of esters is 1. The van der Waals surface area contributed by atoms with E-state index in [1.165, 1.54) is 23.5 Å². The molecule has 0 aliphatic carbocycles. The van der Waals surface area contributed by atoms with Gasteiger partial charge in [0.1, 0.15) is 12.4 Å². The Morgan fingerprint density at radius 1 is 1.10 bits per heavy atom. The highest BCUT2D eigenvalue weighted by molar-refractivity contribution is 7.07. The largest absolute Gasteiger partial charge is 0.489 e. The van der Waals surface area contributed by atoms with Crippen LogP contribution in [-0.2, 0) is 16.1 Å². The fourth-order valence-electron chi connectivity index (χ4n) is 4.59. The normalized spacial score (nSPS) is 14.8. The molecule has 0 fully saturated rings. The predicted molar refractivity (Wildman–Crippen MR) is 155 cm³/mol.